The molecule has 0 radical (unpaired) electrons. The quantitative estimate of drug-likeness (QED) is 0.655. The van der Waals surface area contributed by atoms with Gasteiger partial charge in [-0.1, -0.05) is 0 Å². The Morgan fingerprint density at radius 1 is 1.04 bits per heavy atom. The highest BCUT2D eigenvalue weighted by atomic mass is 32.2. The SMILES string of the molecule is COc1ccc(NS(=O)(=O)c2c(F)c(F)c(C#N)c(F)c2F)cc1F. The fourth-order valence-corrected chi connectivity index (χ4v) is 3.07. The van der Waals surface area contributed by atoms with E-state index in [9.17, 15) is 30.4 Å². The fourth-order valence-electron chi connectivity index (χ4n) is 1.88. The highest BCUT2D eigenvalue weighted by Gasteiger charge is 2.33. The zero-order valence-corrected chi connectivity index (χ0v) is 13.0. The Bertz CT molecular complexity index is 973. The molecule has 0 aliphatic rings. The molecule has 0 heterocycles. The molecule has 0 aliphatic carbocycles. The van der Waals surface area contributed by atoms with Crippen molar-refractivity contribution in [2.24, 2.45) is 0 Å². The molecule has 132 valence electrons. The molecular formula is C14H7F5N2O3S. The Hall–Kier alpha value is -2.87. The van der Waals surface area contributed by atoms with Gasteiger partial charge >= 0.3 is 0 Å². The van der Waals surface area contributed by atoms with Crippen LogP contribution in [0.4, 0.5) is 27.6 Å². The first kappa shape index (κ1) is 18.5. The van der Waals surface area contributed by atoms with Crippen LogP contribution in [-0.2, 0) is 10.0 Å². The van der Waals surface area contributed by atoms with Crippen molar-refractivity contribution in [3.05, 3.63) is 52.8 Å². The summed E-state index contributed by atoms with van der Waals surface area (Å²) in [6.45, 7) is 0. The van der Waals surface area contributed by atoms with Crippen LogP contribution in [0, 0.1) is 40.4 Å². The molecular weight excluding hydrogens is 371 g/mol. The van der Waals surface area contributed by atoms with E-state index in [-0.39, 0.29) is 5.75 Å². The molecule has 11 heteroatoms. The van der Waals surface area contributed by atoms with Gasteiger partial charge in [0.1, 0.15) is 11.6 Å². The van der Waals surface area contributed by atoms with Crippen molar-refractivity contribution in [1.29, 1.82) is 5.26 Å². The normalized spacial score (nSPS) is 11.1. The van der Waals surface area contributed by atoms with Crippen LogP contribution in [0.1, 0.15) is 5.56 Å². The van der Waals surface area contributed by atoms with Crippen LogP contribution in [0.15, 0.2) is 23.1 Å². The summed E-state index contributed by atoms with van der Waals surface area (Å²) in [5.41, 5.74) is -2.09. The monoisotopic (exact) mass is 378 g/mol. The number of hydrogen-bond acceptors (Lipinski definition) is 4. The van der Waals surface area contributed by atoms with Gasteiger partial charge in [-0.15, -0.1) is 0 Å². The lowest BCUT2D eigenvalue weighted by molar-refractivity contribution is 0.386. The van der Waals surface area contributed by atoms with Crippen LogP contribution >= 0.6 is 0 Å². The number of hydrogen-bond donors (Lipinski definition) is 1. The average Bonchev–Trinajstić information content (AvgIpc) is 2.53. The van der Waals surface area contributed by atoms with Gasteiger partial charge in [-0.3, -0.25) is 4.72 Å². The number of benzene rings is 2. The first-order valence-electron chi connectivity index (χ1n) is 6.26. The van der Waals surface area contributed by atoms with Crippen molar-refractivity contribution in [3.8, 4) is 11.8 Å². The largest absolute Gasteiger partial charge is 0.494 e. The van der Waals surface area contributed by atoms with E-state index in [0.717, 1.165) is 25.3 Å². The molecule has 0 atom stereocenters. The number of methoxy groups -OCH3 is 1. The van der Waals surface area contributed by atoms with Gasteiger partial charge in [-0.05, 0) is 12.1 Å². The third-order valence-corrected chi connectivity index (χ3v) is 4.41. The molecule has 2 aromatic carbocycles. The van der Waals surface area contributed by atoms with Crippen molar-refractivity contribution in [2.45, 2.75) is 4.90 Å². The molecule has 2 aromatic rings. The van der Waals surface area contributed by atoms with E-state index >= 15 is 0 Å². The van der Waals surface area contributed by atoms with Crippen molar-refractivity contribution < 1.29 is 35.1 Å². The van der Waals surface area contributed by atoms with E-state index in [1.54, 1.807) is 4.72 Å². The van der Waals surface area contributed by atoms with Crippen molar-refractivity contribution in [1.82, 2.24) is 0 Å². The third-order valence-electron chi connectivity index (χ3n) is 3.01. The van der Waals surface area contributed by atoms with Crippen LogP contribution in [0.3, 0.4) is 0 Å². The second kappa shape index (κ2) is 6.56. The molecule has 5 nitrogen and oxygen atoms in total. The van der Waals surface area contributed by atoms with E-state index in [0.29, 0.717) is 6.07 Å². The maximum atomic E-state index is 13.8. The molecule has 0 spiro atoms. The van der Waals surface area contributed by atoms with Crippen LogP contribution in [0.2, 0.25) is 0 Å². The van der Waals surface area contributed by atoms with Crippen molar-refractivity contribution in [2.75, 3.05) is 11.8 Å². The second-order valence-electron chi connectivity index (χ2n) is 4.53. The average molecular weight is 378 g/mol. The predicted octanol–water partition coefficient (Wildman–Crippen LogP) is 3.06. The zero-order valence-electron chi connectivity index (χ0n) is 12.2. The Morgan fingerprint density at radius 2 is 1.60 bits per heavy atom. The highest BCUT2D eigenvalue weighted by molar-refractivity contribution is 7.92. The molecule has 0 unspecified atom stereocenters. The number of nitriles is 1. The van der Waals surface area contributed by atoms with Gasteiger partial charge in [0.15, 0.2) is 39.7 Å². The second-order valence-corrected chi connectivity index (χ2v) is 6.15. The van der Waals surface area contributed by atoms with E-state index in [1.807, 2.05) is 0 Å². The molecule has 0 aliphatic heterocycles. The number of nitrogens with zero attached hydrogens (tertiary/aromatic N) is 1. The first-order valence-corrected chi connectivity index (χ1v) is 7.74. The highest BCUT2D eigenvalue weighted by Crippen LogP contribution is 2.29. The number of rotatable bonds is 4. The molecule has 0 saturated carbocycles. The summed E-state index contributed by atoms with van der Waals surface area (Å²) in [6.07, 6.45) is 0. The van der Waals surface area contributed by atoms with E-state index in [4.69, 9.17) is 5.26 Å². The number of ether oxygens (including phenoxy) is 1. The molecule has 0 fully saturated rings. The van der Waals surface area contributed by atoms with Gasteiger partial charge in [0.05, 0.1) is 12.8 Å². The molecule has 0 bridgehead atoms. The summed E-state index contributed by atoms with van der Waals surface area (Å²) in [7, 11) is -4.03. The van der Waals surface area contributed by atoms with E-state index in [1.165, 1.54) is 0 Å². The van der Waals surface area contributed by atoms with Crippen molar-refractivity contribution in [3.63, 3.8) is 0 Å². The van der Waals surface area contributed by atoms with Gasteiger partial charge in [-0.2, -0.15) is 5.26 Å². The molecule has 2 rings (SSSR count). The molecule has 1 N–H and O–H groups in total. The Labute approximate surface area is 138 Å². The number of sulfonamides is 1. The summed E-state index contributed by atoms with van der Waals surface area (Å²) in [6, 6.07) is 3.52. The molecule has 25 heavy (non-hydrogen) atoms. The maximum absolute atomic E-state index is 13.8. The maximum Gasteiger partial charge on any atom is 0.267 e. The van der Waals surface area contributed by atoms with Crippen LogP contribution in [-0.4, -0.2) is 15.5 Å². The minimum absolute atomic E-state index is 0.240. The van der Waals surface area contributed by atoms with Gasteiger partial charge in [0.2, 0.25) is 0 Å². The van der Waals surface area contributed by atoms with Crippen LogP contribution in [0.25, 0.3) is 0 Å². The number of anilines is 1. The third kappa shape index (κ3) is 3.20. The Balaban J connectivity index is 2.58. The summed E-state index contributed by atoms with van der Waals surface area (Å²) >= 11 is 0. The Morgan fingerprint density at radius 3 is 2.04 bits per heavy atom. The molecule has 0 aromatic heterocycles. The summed E-state index contributed by atoms with van der Waals surface area (Å²) in [4.78, 5) is -1.97. The standard InChI is InChI=1S/C14H7F5N2O3S/c1-24-9-3-2-6(4-8(9)15)21-25(22,23)14-12(18)10(16)7(5-20)11(17)13(14)19/h2-4,21H,1H3. The lowest BCUT2D eigenvalue weighted by Gasteiger charge is -2.12. The lowest BCUT2D eigenvalue weighted by Crippen LogP contribution is -2.19. The summed E-state index contributed by atoms with van der Waals surface area (Å²) in [5.74, 6) is -10.1. The summed E-state index contributed by atoms with van der Waals surface area (Å²) in [5, 5.41) is 8.48. The minimum atomic E-state index is -5.18. The Kier molecular flexibility index (Phi) is 4.85. The fraction of sp³-hybridized carbons (Fsp3) is 0.0714. The van der Waals surface area contributed by atoms with Crippen molar-refractivity contribution >= 4 is 15.7 Å². The predicted molar refractivity (Wildman–Crippen MR) is 74.7 cm³/mol. The number of halogens is 5. The molecule has 0 amide bonds. The van der Waals surface area contributed by atoms with Crippen LogP contribution in [0.5, 0.6) is 5.75 Å². The van der Waals surface area contributed by atoms with E-state index < -0.39 is 55.3 Å². The smallest absolute Gasteiger partial charge is 0.267 e. The zero-order chi connectivity index (χ0) is 18.9. The number of nitrogens with one attached hydrogen (secondary N) is 1. The van der Waals surface area contributed by atoms with E-state index in [2.05, 4.69) is 4.74 Å². The topological polar surface area (TPSA) is 79.2 Å². The summed E-state index contributed by atoms with van der Waals surface area (Å²) < 4.78 is 98.6. The van der Waals surface area contributed by atoms with Crippen LogP contribution < -0.4 is 9.46 Å². The minimum Gasteiger partial charge on any atom is -0.494 e. The van der Waals surface area contributed by atoms with Gasteiger partial charge < -0.3 is 4.74 Å². The lowest BCUT2D eigenvalue weighted by atomic mass is 10.2. The first-order chi connectivity index (χ1) is 11.6. The molecule has 0 saturated heterocycles. The van der Waals surface area contributed by atoms with Gasteiger partial charge in [-0.25, -0.2) is 30.4 Å². The van der Waals surface area contributed by atoms with Gasteiger partial charge in [0.25, 0.3) is 10.0 Å². The van der Waals surface area contributed by atoms with Gasteiger partial charge in [0, 0.05) is 6.07 Å².